The Bertz CT molecular complexity index is 758. The third-order valence-corrected chi connectivity index (χ3v) is 5.37. The average Bonchev–Trinajstić information content (AvgIpc) is 2.55. The van der Waals surface area contributed by atoms with Crippen LogP contribution >= 0.6 is 0 Å². The Kier molecular flexibility index (Phi) is 5.67. The van der Waals surface area contributed by atoms with Gasteiger partial charge in [-0.05, 0) is 47.2 Å². The molecule has 24 heavy (non-hydrogen) atoms. The van der Waals surface area contributed by atoms with Crippen LogP contribution in [-0.2, 0) is 21.9 Å². The van der Waals surface area contributed by atoms with Crippen molar-refractivity contribution in [2.45, 2.75) is 37.5 Å². The van der Waals surface area contributed by atoms with Crippen molar-refractivity contribution in [1.82, 2.24) is 4.72 Å². The normalized spacial score (nSPS) is 12.2. The summed E-state index contributed by atoms with van der Waals surface area (Å²) in [6, 6.07) is 14.7. The van der Waals surface area contributed by atoms with Gasteiger partial charge in [0, 0.05) is 6.54 Å². The van der Waals surface area contributed by atoms with Crippen molar-refractivity contribution >= 4 is 10.0 Å². The van der Waals surface area contributed by atoms with E-state index in [0.717, 1.165) is 16.9 Å². The van der Waals surface area contributed by atoms with Crippen LogP contribution in [0.15, 0.2) is 53.4 Å². The van der Waals surface area contributed by atoms with Crippen LogP contribution in [0.5, 0.6) is 5.75 Å². The van der Waals surface area contributed by atoms with Crippen LogP contribution in [0.1, 0.15) is 31.9 Å². The highest BCUT2D eigenvalue weighted by Crippen LogP contribution is 2.23. The van der Waals surface area contributed by atoms with Crippen LogP contribution in [0.25, 0.3) is 0 Å². The first-order valence-electron chi connectivity index (χ1n) is 7.95. The minimum Gasteiger partial charge on any atom is -0.497 e. The van der Waals surface area contributed by atoms with Crippen LogP contribution in [0.4, 0.5) is 0 Å². The number of ether oxygens (including phenoxy) is 1. The van der Waals surface area contributed by atoms with E-state index in [1.807, 2.05) is 36.4 Å². The van der Waals surface area contributed by atoms with Gasteiger partial charge in [-0.3, -0.25) is 0 Å². The summed E-state index contributed by atoms with van der Waals surface area (Å²) in [5.74, 6) is 0.790. The highest BCUT2D eigenvalue weighted by atomic mass is 32.2. The molecule has 0 fully saturated rings. The van der Waals surface area contributed by atoms with Gasteiger partial charge in [0.15, 0.2) is 0 Å². The molecule has 0 radical (unpaired) electrons. The second kappa shape index (κ2) is 7.36. The van der Waals surface area contributed by atoms with Gasteiger partial charge in [-0.1, -0.05) is 45.0 Å². The summed E-state index contributed by atoms with van der Waals surface area (Å²) >= 11 is 0. The molecule has 0 saturated carbocycles. The lowest BCUT2D eigenvalue weighted by atomic mass is 9.87. The van der Waals surface area contributed by atoms with Gasteiger partial charge >= 0.3 is 0 Å². The fourth-order valence-corrected chi connectivity index (χ4v) is 3.37. The van der Waals surface area contributed by atoms with E-state index in [2.05, 4.69) is 25.5 Å². The third kappa shape index (κ3) is 4.82. The van der Waals surface area contributed by atoms with Crippen LogP contribution < -0.4 is 9.46 Å². The molecule has 0 unspecified atom stereocenters. The van der Waals surface area contributed by atoms with E-state index in [0.29, 0.717) is 17.9 Å². The number of nitrogens with one attached hydrogen (secondary N) is 1. The summed E-state index contributed by atoms with van der Waals surface area (Å²) in [4.78, 5) is 0.297. The molecular formula is C19H25NO3S. The molecule has 130 valence electrons. The Morgan fingerprint density at radius 2 is 1.54 bits per heavy atom. The molecule has 0 aliphatic heterocycles. The van der Waals surface area contributed by atoms with Crippen LogP contribution in [-0.4, -0.2) is 22.1 Å². The molecule has 0 aliphatic rings. The Hall–Kier alpha value is -1.85. The van der Waals surface area contributed by atoms with Gasteiger partial charge < -0.3 is 4.74 Å². The van der Waals surface area contributed by atoms with Crippen molar-refractivity contribution in [3.05, 3.63) is 59.7 Å². The van der Waals surface area contributed by atoms with Gasteiger partial charge in [0.05, 0.1) is 12.0 Å². The summed E-state index contributed by atoms with van der Waals surface area (Å²) in [5, 5.41) is 0. The van der Waals surface area contributed by atoms with Crippen LogP contribution in [0.3, 0.4) is 0 Å². The third-order valence-electron chi connectivity index (χ3n) is 3.90. The van der Waals surface area contributed by atoms with E-state index in [9.17, 15) is 8.42 Å². The van der Waals surface area contributed by atoms with Gasteiger partial charge in [0.2, 0.25) is 10.0 Å². The Morgan fingerprint density at radius 1 is 0.958 bits per heavy atom. The molecule has 5 heteroatoms. The summed E-state index contributed by atoms with van der Waals surface area (Å²) in [6.45, 7) is 6.66. The smallest absolute Gasteiger partial charge is 0.240 e. The van der Waals surface area contributed by atoms with Crippen molar-refractivity contribution in [2.75, 3.05) is 13.7 Å². The molecule has 2 aromatic rings. The maximum absolute atomic E-state index is 12.4. The molecule has 0 heterocycles. The van der Waals surface area contributed by atoms with Gasteiger partial charge in [-0.25, -0.2) is 13.1 Å². The number of methoxy groups -OCH3 is 1. The number of hydrogen-bond donors (Lipinski definition) is 1. The second-order valence-electron chi connectivity index (χ2n) is 6.77. The molecular weight excluding hydrogens is 322 g/mol. The number of hydrogen-bond acceptors (Lipinski definition) is 3. The van der Waals surface area contributed by atoms with Crippen molar-refractivity contribution in [3.63, 3.8) is 0 Å². The maximum Gasteiger partial charge on any atom is 0.240 e. The summed E-state index contributed by atoms with van der Waals surface area (Å²) in [7, 11) is -1.86. The highest BCUT2D eigenvalue weighted by molar-refractivity contribution is 7.89. The minimum atomic E-state index is -3.48. The highest BCUT2D eigenvalue weighted by Gasteiger charge is 2.17. The first-order valence-corrected chi connectivity index (χ1v) is 9.44. The van der Waals surface area contributed by atoms with Gasteiger partial charge in [-0.15, -0.1) is 0 Å². The minimum absolute atomic E-state index is 0.00405. The standard InChI is InChI=1S/C19H25NO3S/c1-19(2,3)16-7-11-18(12-8-16)24(21,22)20-14-13-15-5-9-17(23-4)10-6-15/h5-12,20H,13-14H2,1-4H3. The van der Waals surface area contributed by atoms with E-state index in [4.69, 9.17) is 4.74 Å². The fraction of sp³-hybridized carbons (Fsp3) is 0.368. The largest absolute Gasteiger partial charge is 0.497 e. The van der Waals surface area contributed by atoms with Crippen LogP contribution in [0, 0.1) is 0 Å². The Labute approximate surface area is 144 Å². The lowest BCUT2D eigenvalue weighted by Gasteiger charge is -2.19. The van der Waals surface area contributed by atoms with E-state index in [1.165, 1.54) is 0 Å². The van der Waals surface area contributed by atoms with E-state index in [1.54, 1.807) is 19.2 Å². The summed E-state index contributed by atoms with van der Waals surface area (Å²) in [5.41, 5.74) is 2.17. The van der Waals surface area contributed by atoms with Crippen molar-refractivity contribution < 1.29 is 13.2 Å². The van der Waals surface area contributed by atoms with Gasteiger partial charge in [-0.2, -0.15) is 0 Å². The second-order valence-corrected chi connectivity index (χ2v) is 8.54. The topological polar surface area (TPSA) is 55.4 Å². The molecule has 0 bridgehead atoms. The number of sulfonamides is 1. The summed E-state index contributed by atoms with van der Waals surface area (Å²) < 4.78 is 32.5. The lowest BCUT2D eigenvalue weighted by Crippen LogP contribution is -2.26. The average molecular weight is 347 g/mol. The zero-order valence-corrected chi connectivity index (χ0v) is 15.5. The molecule has 0 atom stereocenters. The lowest BCUT2D eigenvalue weighted by molar-refractivity contribution is 0.414. The molecule has 0 amide bonds. The van der Waals surface area contributed by atoms with Crippen LogP contribution in [0.2, 0.25) is 0 Å². The van der Waals surface area contributed by atoms with E-state index >= 15 is 0 Å². The Morgan fingerprint density at radius 3 is 2.04 bits per heavy atom. The maximum atomic E-state index is 12.4. The fourth-order valence-electron chi connectivity index (χ4n) is 2.34. The van der Waals surface area contributed by atoms with Crippen molar-refractivity contribution in [3.8, 4) is 5.75 Å². The zero-order valence-electron chi connectivity index (χ0n) is 14.7. The van der Waals surface area contributed by atoms with E-state index < -0.39 is 10.0 Å². The predicted octanol–water partition coefficient (Wildman–Crippen LogP) is 3.51. The molecule has 0 aromatic heterocycles. The number of benzene rings is 2. The molecule has 0 spiro atoms. The van der Waals surface area contributed by atoms with Crippen molar-refractivity contribution in [1.29, 1.82) is 0 Å². The molecule has 2 aromatic carbocycles. The molecule has 0 saturated heterocycles. The van der Waals surface area contributed by atoms with Crippen molar-refractivity contribution in [2.24, 2.45) is 0 Å². The quantitative estimate of drug-likeness (QED) is 0.870. The monoisotopic (exact) mass is 347 g/mol. The van der Waals surface area contributed by atoms with Gasteiger partial charge in [0.25, 0.3) is 0 Å². The zero-order chi connectivity index (χ0) is 17.8. The van der Waals surface area contributed by atoms with Gasteiger partial charge in [0.1, 0.15) is 5.75 Å². The molecule has 4 nitrogen and oxygen atoms in total. The van der Waals surface area contributed by atoms with E-state index in [-0.39, 0.29) is 5.41 Å². The number of rotatable bonds is 6. The first-order chi connectivity index (χ1) is 11.2. The Balaban J connectivity index is 1.97. The SMILES string of the molecule is COc1ccc(CCNS(=O)(=O)c2ccc(C(C)(C)C)cc2)cc1. The first kappa shape index (κ1) is 18.5. The molecule has 1 N–H and O–H groups in total. The molecule has 0 aliphatic carbocycles. The molecule has 2 rings (SSSR count). The predicted molar refractivity (Wildman–Crippen MR) is 97.0 cm³/mol. The summed E-state index contributed by atoms with van der Waals surface area (Å²) in [6.07, 6.45) is 0.628.